The molecule has 37 heavy (non-hydrogen) atoms. The number of benzene rings is 2. The second kappa shape index (κ2) is 11.5. The number of ether oxygens (including phenoxy) is 2. The second-order valence-electron chi connectivity index (χ2n) is 9.04. The van der Waals surface area contributed by atoms with Gasteiger partial charge in [0.15, 0.2) is 23.2 Å². The van der Waals surface area contributed by atoms with Gasteiger partial charge in [0.2, 0.25) is 0 Å². The van der Waals surface area contributed by atoms with Crippen LogP contribution in [0.25, 0.3) is 11.3 Å². The number of hydrogen-bond donors (Lipinski definition) is 2. The number of halogens is 3. The Labute approximate surface area is 211 Å². The number of hydrogen-bond acceptors (Lipinski definition) is 7. The van der Waals surface area contributed by atoms with E-state index in [2.05, 4.69) is 10.3 Å². The first-order valence-electron chi connectivity index (χ1n) is 11.9. The number of aromatic nitrogens is 3. The molecule has 1 aliphatic rings. The molecule has 1 aromatic heterocycles. The van der Waals surface area contributed by atoms with Gasteiger partial charge in [-0.2, -0.15) is 0 Å². The summed E-state index contributed by atoms with van der Waals surface area (Å²) in [5.74, 6) is -5.12. The Morgan fingerprint density at radius 1 is 1.19 bits per heavy atom. The average Bonchev–Trinajstić information content (AvgIpc) is 3.38. The molecule has 2 heterocycles. The fourth-order valence-electron chi connectivity index (χ4n) is 4.62. The lowest BCUT2D eigenvalue weighted by Gasteiger charge is -2.45. The Balaban J connectivity index is 1.64. The van der Waals surface area contributed by atoms with Crippen LogP contribution in [0.2, 0.25) is 0 Å². The molecule has 4 rings (SSSR count). The standard InChI is InChI=1S/C26H28F3N3O5/c1-3-20(34)26(36-13-15-7-5-4-6-8-15)25-14(2)23(24(35)21(12-33)37-25)32-11-19(30-31-32)16-9-17(27)22(29)18(28)10-16/h4-11,14,21,23-26,33,35H,3,12-13H2,1-2H3/t14?,21?,23-,24+,25-,26-/m1/s1. The first kappa shape index (κ1) is 26.9. The Kier molecular flexibility index (Phi) is 8.38. The van der Waals surface area contributed by atoms with Gasteiger partial charge < -0.3 is 19.7 Å². The van der Waals surface area contributed by atoms with E-state index in [1.54, 1.807) is 13.8 Å². The van der Waals surface area contributed by atoms with Crippen LogP contribution < -0.4 is 0 Å². The van der Waals surface area contributed by atoms with Crippen molar-refractivity contribution in [3.05, 3.63) is 71.7 Å². The van der Waals surface area contributed by atoms with Crippen molar-refractivity contribution in [1.82, 2.24) is 15.0 Å². The molecule has 0 spiro atoms. The van der Waals surface area contributed by atoms with Gasteiger partial charge in [-0.1, -0.05) is 49.4 Å². The SMILES string of the molecule is CCC(=O)[C@@H](OCc1ccccc1)[C@@H]1OC(CO)[C@H](O)[C@H](n2cc(-c3cc(F)c(F)c(F)c3)nn2)C1C. The van der Waals surface area contributed by atoms with Gasteiger partial charge in [0, 0.05) is 17.9 Å². The Hall–Kier alpha value is -3.12. The Bertz CT molecular complexity index is 1200. The highest BCUT2D eigenvalue weighted by Crippen LogP contribution is 2.37. The van der Waals surface area contributed by atoms with Crippen molar-refractivity contribution >= 4 is 5.78 Å². The van der Waals surface area contributed by atoms with Gasteiger partial charge in [0.25, 0.3) is 0 Å². The van der Waals surface area contributed by atoms with Crippen molar-refractivity contribution < 1.29 is 37.7 Å². The second-order valence-corrected chi connectivity index (χ2v) is 9.04. The van der Waals surface area contributed by atoms with Crippen LogP contribution in [-0.4, -0.2) is 62.0 Å². The lowest BCUT2D eigenvalue weighted by atomic mass is 9.82. The summed E-state index contributed by atoms with van der Waals surface area (Å²) >= 11 is 0. The topological polar surface area (TPSA) is 107 Å². The lowest BCUT2D eigenvalue weighted by Crippen LogP contribution is -2.57. The number of aliphatic hydroxyl groups excluding tert-OH is 2. The monoisotopic (exact) mass is 519 g/mol. The van der Waals surface area contributed by atoms with Crippen LogP contribution in [0.3, 0.4) is 0 Å². The third kappa shape index (κ3) is 5.59. The van der Waals surface area contributed by atoms with Gasteiger partial charge in [-0.05, 0) is 17.7 Å². The number of Topliss-reactive ketones (excluding diaryl/α,β-unsaturated/α-hetero) is 1. The Morgan fingerprint density at radius 2 is 1.86 bits per heavy atom. The highest BCUT2D eigenvalue weighted by atomic mass is 19.2. The quantitative estimate of drug-likeness (QED) is 0.418. The molecule has 1 fully saturated rings. The fourth-order valence-corrected chi connectivity index (χ4v) is 4.62. The maximum atomic E-state index is 13.8. The molecule has 6 atom stereocenters. The highest BCUT2D eigenvalue weighted by molar-refractivity contribution is 5.83. The van der Waals surface area contributed by atoms with Crippen LogP contribution in [0.5, 0.6) is 0 Å². The molecule has 2 aromatic carbocycles. The first-order valence-corrected chi connectivity index (χ1v) is 11.9. The summed E-state index contributed by atoms with van der Waals surface area (Å²) in [5, 5.41) is 28.9. The Morgan fingerprint density at radius 3 is 2.49 bits per heavy atom. The van der Waals surface area contributed by atoms with Gasteiger partial charge in [-0.25, -0.2) is 17.9 Å². The maximum Gasteiger partial charge on any atom is 0.194 e. The molecule has 3 aromatic rings. The van der Waals surface area contributed by atoms with Crippen molar-refractivity contribution in [3.63, 3.8) is 0 Å². The third-order valence-corrected chi connectivity index (χ3v) is 6.63. The third-order valence-electron chi connectivity index (χ3n) is 6.63. The van der Waals surface area contributed by atoms with E-state index in [0.29, 0.717) is 0 Å². The van der Waals surface area contributed by atoms with Gasteiger partial charge >= 0.3 is 0 Å². The van der Waals surface area contributed by atoms with Gasteiger partial charge in [-0.15, -0.1) is 5.10 Å². The van der Waals surface area contributed by atoms with E-state index >= 15 is 0 Å². The minimum atomic E-state index is -1.60. The molecular formula is C26H28F3N3O5. The van der Waals surface area contributed by atoms with E-state index in [0.717, 1.165) is 17.7 Å². The predicted molar refractivity (Wildman–Crippen MR) is 126 cm³/mol. The minimum absolute atomic E-state index is 0.0438. The van der Waals surface area contributed by atoms with Crippen LogP contribution in [0.15, 0.2) is 48.7 Å². The van der Waals surface area contributed by atoms with Gasteiger partial charge in [0.1, 0.15) is 24.0 Å². The summed E-state index contributed by atoms with van der Waals surface area (Å²) in [7, 11) is 0. The molecule has 8 nitrogen and oxygen atoms in total. The van der Waals surface area contributed by atoms with Gasteiger partial charge in [0.05, 0.1) is 31.6 Å². The number of rotatable bonds is 9. The van der Waals surface area contributed by atoms with Crippen LogP contribution in [-0.2, 0) is 20.9 Å². The number of nitrogens with zero attached hydrogens (tertiary/aromatic N) is 3. The molecule has 198 valence electrons. The van der Waals surface area contributed by atoms with E-state index in [1.165, 1.54) is 10.9 Å². The van der Waals surface area contributed by atoms with E-state index < -0.39 is 60.4 Å². The summed E-state index contributed by atoms with van der Waals surface area (Å²) in [6.45, 7) is 3.06. The number of carbonyl (C=O) groups excluding carboxylic acids is 1. The largest absolute Gasteiger partial charge is 0.394 e. The maximum absolute atomic E-state index is 13.8. The molecule has 11 heteroatoms. The van der Waals surface area contributed by atoms with E-state index in [1.807, 2.05) is 30.3 Å². The van der Waals surface area contributed by atoms with E-state index in [-0.39, 0.29) is 30.1 Å². The number of aliphatic hydroxyl groups is 2. The van der Waals surface area contributed by atoms with Crippen LogP contribution >= 0.6 is 0 Å². The van der Waals surface area contributed by atoms with E-state index in [9.17, 15) is 28.2 Å². The zero-order valence-electron chi connectivity index (χ0n) is 20.3. The molecule has 0 bridgehead atoms. The molecule has 0 aliphatic carbocycles. The smallest absolute Gasteiger partial charge is 0.194 e. The molecule has 1 saturated heterocycles. The van der Waals surface area contributed by atoms with E-state index in [4.69, 9.17) is 9.47 Å². The number of ketones is 1. The molecule has 0 radical (unpaired) electrons. The van der Waals surface area contributed by atoms with Crippen molar-refractivity contribution in [3.8, 4) is 11.3 Å². The first-order chi connectivity index (χ1) is 17.7. The molecule has 1 aliphatic heterocycles. The van der Waals surface area contributed by atoms with Crippen molar-refractivity contribution in [1.29, 1.82) is 0 Å². The molecule has 2 unspecified atom stereocenters. The normalized spacial score (nSPS) is 24.7. The van der Waals surface area contributed by atoms with Crippen molar-refractivity contribution in [2.75, 3.05) is 6.61 Å². The number of carbonyl (C=O) groups is 1. The summed E-state index contributed by atoms with van der Waals surface area (Å²) < 4.78 is 54.2. The molecule has 0 saturated carbocycles. The van der Waals surface area contributed by atoms with Crippen LogP contribution in [0.4, 0.5) is 13.2 Å². The zero-order chi connectivity index (χ0) is 26.7. The van der Waals surface area contributed by atoms with Crippen LogP contribution in [0.1, 0.15) is 31.9 Å². The van der Waals surface area contributed by atoms with Gasteiger partial charge in [-0.3, -0.25) is 4.79 Å². The average molecular weight is 520 g/mol. The zero-order valence-corrected chi connectivity index (χ0v) is 20.3. The molecule has 2 N–H and O–H groups in total. The van der Waals surface area contributed by atoms with Crippen molar-refractivity contribution in [2.24, 2.45) is 5.92 Å². The molecule has 0 amide bonds. The summed E-state index contributed by atoms with van der Waals surface area (Å²) in [5.41, 5.74) is 0.856. The summed E-state index contributed by atoms with van der Waals surface area (Å²) in [4.78, 5) is 12.9. The predicted octanol–water partition coefficient (Wildman–Crippen LogP) is 3.22. The lowest BCUT2D eigenvalue weighted by molar-refractivity contribution is -0.215. The van der Waals surface area contributed by atoms with Crippen molar-refractivity contribution in [2.45, 2.75) is 57.3 Å². The molecular weight excluding hydrogens is 491 g/mol. The minimum Gasteiger partial charge on any atom is -0.394 e. The highest BCUT2D eigenvalue weighted by Gasteiger charge is 2.48. The van der Waals surface area contributed by atoms with Crippen LogP contribution in [0, 0.1) is 23.4 Å². The summed E-state index contributed by atoms with van der Waals surface area (Å²) in [6, 6.07) is 10.0. The summed E-state index contributed by atoms with van der Waals surface area (Å²) in [6.07, 6.45) is -2.62. The fraction of sp³-hybridized carbons (Fsp3) is 0.423.